The second-order valence-electron chi connectivity index (χ2n) is 6.04. The maximum atomic E-state index is 11.1. The minimum Gasteiger partial charge on any atom is -0.370 e. The molecule has 0 heterocycles. The van der Waals surface area contributed by atoms with Gasteiger partial charge < -0.3 is 5.73 Å². The fourth-order valence-electron chi connectivity index (χ4n) is 3.73. The summed E-state index contributed by atoms with van der Waals surface area (Å²) in [6.45, 7) is 0.894. The molecule has 0 aliphatic heterocycles. The molecule has 0 aromatic carbocycles. The Bertz CT molecular complexity index is 237. The van der Waals surface area contributed by atoms with Crippen LogP contribution >= 0.6 is 0 Å². The molecule has 0 aromatic rings. The molecule has 2 aliphatic carbocycles. The summed E-state index contributed by atoms with van der Waals surface area (Å²) in [6.07, 6.45) is 14.1. The van der Waals surface area contributed by atoms with E-state index >= 15 is 0 Å². The van der Waals surface area contributed by atoms with E-state index in [1.165, 1.54) is 64.2 Å². The quantitative estimate of drug-likeness (QED) is 0.818. The minimum absolute atomic E-state index is 0.147. The molecule has 0 radical (unpaired) electrons. The predicted molar refractivity (Wildman–Crippen MR) is 74.3 cm³/mol. The second-order valence-corrected chi connectivity index (χ2v) is 6.04. The zero-order valence-corrected chi connectivity index (χ0v) is 11.6. The first kappa shape index (κ1) is 13.9. The van der Waals surface area contributed by atoms with E-state index in [4.69, 9.17) is 5.73 Å². The Morgan fingerprint density at radius 1 is 0.889 bits per heavy atom. The molecule has 0 spiro atoms. The smallest absolute Gasteiger partial charge is 0.218 e. The number of nitrogens with zero attached hydrogens (tertiary/aromatic N) is 1. The monoisotopic (exact) mass is 252 g/mol. The van der Waals surface area contributed by atoms with Gasteiger partial charge in [0.1, 0.15) is 0 Å². The number of rotatable bonds is 5. The molecule has 0 bridgehead atoms. The number of hydrogen-bond donors (Lipinski definition) is 1. The number of carbonyl (C=O) groups excluding carboxylic acids is 1. The highest BCUT2D eigenvalue weighted by molar-refractivity contribution is 5.73. The molecule has 3 heteroatoms. The molecule has 3 nitrogen and oxygen atoms in total. The van der Waals surface area contributed by atoms with Crippen molar-refractivity contribution in [1.82, 2.24) is 4.90 Å². The van der Waals surface area contributed by atoms with E-state index < -0.39 is 0 Å². The van der Waals surface area contributed by atoms with Crippen LogP contribution in [0.3, 0.4) is 0 Å². The van der Waals surface area contributed by atoms with Gasteiger partial charge in [-0.15, -0.1) is 0 Å². The summed E-state index contributed by atoms with van der Waals surface area (Å²) in [5, 5.41) is 0. The van der Waals surface area contributed by atoms with Crippen LogP contribution < -0.4 is 5.73 Å². The lowest BCUT2D eigenvalue weighted by Gasteiger charge is -2.41. The number of carbonyl (C=O) groups is 1. The number of primary amides is 1. The molecule has 2 saturated carbocycles. The van der Waals surface area contributed by atoms with Gasteiger partial charge in [0, 0.05) is 25.0 Å². The zero-order valence-electron chi connectivity index (χ0n) is 11.6. The number of amides is 1. The predicted octanol–water partition coefficient (Wildman–Crippen LogP) is 2.83. The summed E-state index contributed by atoms with van der Waals surface area (Å²) in [7, 11) is 0. The fourth-order valence-corrected chi connectivity index (χ4v) is 3.73. The van der Waals surface area contributed by atoms with Crippen LogP contribution in [0.2, 0.25) is 0 Å². The molecule has 0 unspecified atom stereocenters. The van der Waals surface area contributed by atoms with E-state index in [0.717, 1.165) is 18.6 Å². The third kappa shape index (κ3) is 3.98. The Balaban J connectivity index is 1.93. The van der Waals surface area contributed by atoms with Gasteiger partial charge >= 0.3 is 0 Å². The highest BCUT2D eigenvalue weighted by atomic mass is 16.1. The van der Waals surface area contributed by atoms with Crippen molar-refractivity contribution in [2.75, 3.05) is 6.54 Å². The largest absolute Gasteiger partial charge is 0.370 e. The summed E-state index contributed by atoms with van der Waals surface area (Å²) >= 11 is 0. The Morgan fingerprint density at radius 3 is 1.72 bits per heavy atom. The molecule has 2 aliphatic rings. The normalized spacial score (nSPS) is 23.4. The third-order valence-electron chi connectivity index (χ3n) is 4.70. The van der Waals surface area contributed by atoms with Gasteiger partial charge in [0.05, 0.1) is 0 Å². The summed E-state index contributed by atoms with van der Waals surface area (Å²) < 4.78 is 0. The average Bonchev–Trinajstić information content (AvgIpc) is 2.41. The molecule has 0 saturated heterocycles. The van der Waals surface area contributed by atoms with Crippen molar-refractivity contribution in [2.24, 2.45) is 5.73 Å². The van der Waals surface area contributed by atoms with E-state index in [0.29, 0.717) is 6.42 Å². The lowest BCUT2D eigenvalue weighted by atomic mass is 9.88. The first-order valence-electron chi connectivity index (χ1n) is 7.81. The van der Waals surface area contributed by atoms with Crippen LogP contribution in [0.15, 0.2) is 0 Å². The van der Waals surface area contributed by atoms with E-state index in [9.17, 15) is 4.79 Å². The summed E-state index contributed by atoms with van der Waals surface area (Å²) in [6, 6.07) is 1.45. The first-order valence-corrected chi connectivity index (χ1v) is 7.81. The molecule has 2 fully saturated rings. The average molecular weight is 252 g/mol. The summed E-state index contributed by atoms with van der Waals surface area (Å²) in [4.78, 5) is 13.7. The van der Waals surface area contributed by atoms with E-state index in [2.05, 4.69) is 4.90 Å². The van der Waals surface area contributed by atoms with Crippen molar-refractivity contribution in [1.29, 1.82) is 0 Å². The lowest BCUT2D eigenvalue weighted by Crippen LogP contribution is -2.46. The van der Waals surface area contributed by atoms with Crippen LogP contribution in [0.25, 0.3) is 0 Å². The molecule has 0 aromatic heterocycles. The third-order valence-corrected chi connectivity index (χ3v) is 4.70. The number of nitrogens with two attached hydrogens (primary N) is 1. The van der Waals surface area contributed by atoms with Crippen molar-refractivity contribution < 1.29 is 4.79 Å². The molecule has 0 atom stereocenters. The van der Waals surface area contributed by atoms with Gasteiger partial charge in [-0.05, 0) is 25.7 Å². The molecular weight excluding hydrogens is 224 g/mol. The maximum Gasteiger partial charge on any atom is 0.218 e. The Hall–Kier alpha value is -0.570. The molecule has 2 rings (SSSR count). The minimum atomic E-state index is -0.147. The summed E-state index contributed by atoms with van der Waals surface area (Å²) in [5.41, 5.74) is 5.33. The molecule has 104 valence electrons. The van der Waals surface area contributed by atoms with Crippen LogP contribution in [-0.2, 0) is 4.79 Å². The molecule has 18 heavy (non-hydrogen) atoms. The maximum absolute atomic E-state index is 11.1. The van der Waals surface area contributed by atoms with Crippen LogP contribution in [0.5, 0.6) is 0 Å². The van der Waals surface area contributed by atoms with Crippen LogP contribution in [0, 0.1) is 0 Å². The highest BCUT2D eigenvalue weighted by Crippen LogP contribution is 2.30. The van der Waals surface area contributed by atoms with E-state index in [1.54, 1.807) is 0 Å². The van der Waals surface area contributed by atoms with Crippen molar-refractivity contribution >= 4 is 5.91 Å². The first-order chi connectivity index (χ1) is 8.77. The Kier molecular flexibility index (Phi) is 5.48. The topological polar surface area (TPSA) is 46.3 Å². The van der Waals surface area contributed by atoms with Crippen molar-refractivity contribution in [3.8, 4) is 0 Å². The van der Waals surface area contributed by atoms with Gasteiger partial charge in [-0.2, -0.15) is 0 Å². The lowest BCUT2D eigenvalue weighted by molar-refractivity contribution is -0.118. The van der Waals surface area contributed by atoms with Crippen LogP contribution in [0.1, 0.15) is 70.6 Å². The van der Waals surface area contributed by atoms with Gasteiger partial charge in [0.25, 0.3) is 0 Å². The molecule has 1 amide bonds. The number of hydrogen-bond acceptors (Lipinski definition) is 2. The second kappa shape index (κ2) is 7.13. The summed E-state index contributed by atoms with van der Waals surface area (Å²) in [5.74, 6) is -0.147. The fraction of sp³-hybridized carbons (Fsp3) is 0.933. The van der Waals surface area contributed by atoms with Gasteiger partial charge in [-0.25, -0.2) is 0 Å². The van der Waals surface area contributed by atoms with Crippen molar-refractivity contribution in [3.63, 3.8) is 0 Å². The van der Waals surface area contributed by atoms with Gasteiger partial charge in [0.2, 0.25) is 5.91 Å². The van der Waals surface area contributed by atoms with Crippen molar-refractivity contribution in [2.45, 2.75) is 82.7 Å². The zero-order chi connectivity index (χ0) is 12.8. The standard InChI is InChI=1S/C15H28N2O/c16-15(18)11-12-17(13-7-3-1-4-8-13)14-9-5-2-6-10-14/h13-14H,1-12H2,(H2,16,18). The van der Waals surface area contributed by atoms with Gasteiger partial charge in [-0.1, -0.05) is 38.5 Å². The van der Waals surface area contributed by atoms with E-state index in [1.807, 2.05) is 0 Å². The molecular formula is C15H28N2O. The van der Waals surface area contributed by atoms with E-state index in [-0.39, 0.29) is 5.91 Å². The van der Waals surface area contributed by atoms with Crippen LogP contribution in [-0.4, -0.2) is 29.4 Å². The van der Waals surface area contributed by atoms with Gasteiger partial charge in [-0.3, -0.25) is 9.69 Å². The van der Waals surface area contributed by atoms with Crippen LogP contribution in [0.4, 0.5) is 0 Å². The van der Waals surface area contributed by atoms with Crippen molar-refractivity contribution in [3.05, 3.63) is 0 Å². The SMILES string of the molecule is NC(=O)CCN(C1CCCCC1)C1CCCCC1. The Labute approximate surface area is 111 Å². The highest BCUT2D eigenvalue weighted by Gasteiger charge is 2.28. The Morgan fingerprint density at radius 2 is 1.33 bits per heavy atom. The molecule has 2 N–H and O–H groups in total. The van der Waals surface area contributed by atoms with Gasteiger partial charge in [0.15, 0.2) is 0 Å².